The number of carbonyl (C=O) groups excluding carboxylic acids is 3. The molecule has 3 heterocycles. The number of hydrogen-bond donors (Lipinski definition) is 4. The van der Waals surface area contributed by atoms with E-state index in [1.807, 2.05) is 13.0 Å². The fourth-order valence-electron chi connectivity index (χ4n) is 3.32. The molecule has 1 aliphatic rings. The SMILES string of the molecule is Cc1cccc(NC(=O)C2CCCN2C(=O)CNc2cnccc2C(=N)C(N)=O)n1. The Morgan fingerprint density at radius 2 is 2.10 bits per heavy atom. The molecule has 2 aromatic heterocycles. The number of hydrogen-bond acceptors (Lipinski definition) is 7. The van der Waals surface area contributed by atoms with E-state index in [1.54, 1.807) is 12.1 Å². The minimum Gasteiger partial charge on any atom is -0.374 e. The molecule has 1 unspecified atom stereocenters. The van der Waals surface area contributed by atoms with Gasteiger partial charge in [-0.15, -0.1) is 0 Å². The van der Waals surface area contributed by atoms with Crippen LogP contribution in [0.2, 0.25) is 0 Å². The van der Waals surface area contributed by atoms with E-state index in [0.29, 0.717) is 24.5 Å². The van der Waals surface area contributed by atoms with Crippen LogP contribution in [0.15, 0.2) is 36.7 Å². The average Bonchev–Trinajstić information content (AvgIpc) is 3.22. The van der Waals surface area contributed by atoms with Crippen molar-refractivity contribution in [3.63, 3.8) is 0 Å². The molecular formula is C20H23N7O3. The molecule has 5 N–H and O–H groups in total. The van der Waals surface area contributed by atoms with Gasteiger partial charge in [-0.1, -0.05) is 6.07 Å². The third-order valence-electron chi connectivity index (χ3n) is 4.78. The Morgan fingerprint density at radius 1 is 1.30 bits per heavy atom. The second-order valence-corrected chi connectivity index (χ2v) is 6.91. The Balaban J connectivity index is 1.65. The first kappa shape index (κ1) is 20.9. The van der Waals surface area contributed by atoms with Crippen LogP contribution >= 0.6 is 0 Å². The van der Waals surface area contributed by atoms with Gasteiger partial charge in [-0.05, 0) is 38.0 Å². The maximum absolute atomic E-state index is 12.8. The van der Waals surface area contributed by atoms with Gasteiger partial charge >= 0.3 is 0 Å². The van der Waals surface area contributed by atoms with Crippen molar-refractivity contribution < 1.29 is 14.4 Å². The summed E-state index contributed by atoms with van der Waals surface area (Å²) >= 11 is 0. The summed E-state index contributed by atoms with van der Waals surface area (Å²) in [5.74, 6) is -0.985. The zero-order valence-electron chi connectivity index (χ0n) is 16.5. The molecule has 1 saturated heterocycles. The fourth-order valence-corrected chi connectivity index (χ4v) is 3.32. The van der Waals surface area contributed by atoms with Crippen LogP contribution in [0.5, 0.6) is 0 Å². The lowest BCUT2D eigenvalue weighted by Gasteiger charge is -2.24. The van der Waals surface area contributed by atoms with E-state index in [4.69, 9.17) is 11.1 Å². The maximum atomic E-state index is 12.8. The zero-order valence-corrected chi connectivity index (χ0v) is 16.5. The first-order valence-electron chi connectivity index (χ1n) is 9.47. The van der Waals surface area contributed by atoms with Crippen molar-refractivity contribution in [1.29, 1.82) is 5.41 Å². The lowest BCUT2D eigenvalue weighted by atomic mass is 10.1. The van der Waals surface area contributed by atoms with Gasteiger partial charge in [-0.3, -0.25) is 24.8 Å². The van der Waals surface area contributed by atoms with Crippen molar-refractivity contribution in [2.24, 2.45) is 5.73 Å². The lowest BCUT2D eigenvalue weighted by Crippen LogP contribution is -2.45. The number of aryl methyl sites for hydroxylation is 1. The second-order valence-electron chi connectivity index (χ2n) is 6.91. The summed E-state index contributed by atoms with van der Waals surface area (Å²) in [6.07, 6.45) is 4.13. The molecule has 10 nitrogen and oxygen atoms in total. The van der Waals surface area contributed by atoms with Crippen molar-refractivity contribution in [2.75, 3.05) is 23.7 Å². The lowest BCUT2D eigenvalue weighted by molar-refractivity contribution is -0.135. The Hall–Kier alpha value is -3.82. The van der Waals surface area contributed by atoms with E-state index in [1.165, 1.54) is 23.4 Å². The summed E-state index contributed by atoms with van der Waals surface area (Å²) in [7, 11) is 0. The van der Waals surface area contributed by atoms with Gasteiger partial charge in [0.05, 0.1) is 18.4 Å². The first-order valence-corrected chi connectivity index (χ1v) is 9.47. The van der Waals surface area contributed by atoms with Gasteiger partial charge in [0.1, 0.15) is 17.6 Å². The van der Waals surface area contributed by atoms with Crippen LogP contribution < -0.4 is 16.4 Å². The van der Waals surface area contributed by atoms with Crippen molar-refractivity contribution in [1.82, 2.24) is 14.9 Å². The molecule has 1 aliphatic heterocycles. The van der Waals surface area contributed by atoms with E-state index < -0.39 is 11.9 Å². The fraction of sp³-hybridized carbons (Fsp3) is 0.300. The van der Waals surface area contributed by atoms with Crippen LogP contribution in [0.25, 0.3) is 0 Å². The maximum Gasteiger partial charge on any atom is 0.267 e. The Bertz CT molecular complexity index is 992. The zero-order chi connectivity index (χ0) is 21.7. The van der Waals surface area contributed by atoms with Gasteiger partial charge in [0.15, 0.2) is 0 Å². The molecule has 1 atom stereocenters. The van der Waals surface area contributed by atoms with Gasteiger partial charge in [-0.25, -0.2) is 4.98 Å². The summed E-state index contributed by atoms with van der Waals surface area (Å²) in [4.78, 5) is 46.5. The highest BCUT2D eigenvalue weighted by atomic mass is 16.2. The third-order valence-corrected chi connectivity index (χ3v) is 4.78. The van der Waals surface area contributed by atoms with E-state index in [9.17, 15) is 14.4 Å². The number of anilines is 2. The largest absolute Gasteiger partial charge is 0.374 e. The van der Waals surface area contributed by atoms with Crippen molar-refractivity contribution in [3.8, 4) is 0 Å². The van der Waals surface area contributed by atoms with Crippen LogP contribution in [0.4, 0.5) is 11.5 Å². The van der Waals surface area contributed by atoms with Crippen LogP contribution in [0, 0.1) is 12.3 Å². The van der Waals surface area contributed by atoms with Gasteiger partial charge in [0, 0.05) is 24.0 Å². The van der Waals surface area contributed by atoms with Crippen LogP contribution in [0.1, 0.15) is 24.1 Å². The number of nitrogens with one attached hydrogen (secondary N) is 3. The summed E-state index contributed by atoms with van der Waals surface area (Å²) in [6.45, 7) is 2.19. The Morgan fingerprint density at radius 3 is 2.83 bits per heavy atom. The number of likely N-dealkylation sites (tertiary alicyclic amines) is 1. The predicted molar refractivity (Wildman–Crippen MR) is 111 cm³/mol. The molecule has 2 aromatic rings. The van der Waals surface area contributed by atoms with E-state index >= 15 is 0 Å². The third kappa shape index (κ3) is 4.77. The summed E-state index contributed by atoms with van der Waals surface area (Å²) in [5, 5.41) is 13.5. The van der Waals surface area contributed by atoms with Crippen molar-refractivity contribution in [2.45, 2.75) is 25.8 Å². The van der Waals surface area contributed by atoms with Gasteiger partial charge < -0.3 is 21.3 Å². The molecule has 0 saturated carbocycles. The average molecular weight is 409 g/mol. The highest BCUT2D eigenvalue weighted by molar-refractivity contribution is 6.44. The monoisotopic (exact) mass is 409 g/mol. The van der Waals surface area contributed by atoms with Gasteiger partial charge in [-0.2, -0.15) is 0 Å². The standard InChI is InChI=1S/C20H23N7O3/c1-12-4-2-6-16(25-12)26-20(30)15-5-3-9-27(15)17(28)11-24-14-10-23-8-7-13(14)18(21)19(22)29/h2,4,6-8,10,15,21,24H,3,5,9,11H2,1H3,(H2,22,29)(H,25,26,30). The molecule has 10 heteroatoms. The van der Waals surface area contributed by atoms with E-state index in [-0.39, 0.29) is 29.6 Å². The second kappa shape index (κ2) is 9.12. The smallest absolute Gasteiger partial charge is 0.267 e. The number of amides is 3. The summed E-state index contributed by atoms with van der Waals surface area (Å²) in [5.41, 5.74) is 6.19. The van der Waals surface area contributed by atoms with Crippen molar-refractivity contribution >= 4 is 34.9 Å². The van der Waals surface area contributed by atoms with Gasteiger partial charge in [0.25, 0.3) is 5.91 Å². The molecule has 0 aliphatic carbocycles. The highest BCUT2D eigenvalue weighted by Gasteiger charge is 2.34. The number of primary amides is 1. The Labute approximate surface area is 173 Å². The Kier molecular flexibility index (Phi) is 6.35. The van der Waals surface area contributed by atoms with Crippen LogP contribution in [0.3, 0.4) is 0 Å². The first-order chi connectivity index (χ1) is 14.4. The molecule has 3 rings (SSSR count). The number of pyridine rings is 2. The van der Waals surface area contributed by atoms with Crippen molar-refractivity contribution in [3.05, 3.63) is 47.9 Å². The van der Waals surface area contributed by atoms with E-state index in [0.717, 1.165) is 12.1 Å². The topological polar surface area (TPSA) is 154 Å². The molecular weight excluding hydrogens is 386 g/mol. The number of nitrogens with two attached hydrogens (primary N) is 1. The van der Waals surface area contributed by atoms with E-state index in [2.05, 4.69) is 20.6 Å². The molecule has 0 aromatic carbocycles. The minimum atomic E-state index is -0.878. The van der Waals surface area contributed by atoms with Crippen LogP contribution in [-0.2, 0) is 14.4 Å². The minimum absolute atomic E-state index is 0.114. The number of carbonyl (C=O) groups is 3. The molecule has 1 fully saturated rings. The highest BCUT2D eigenvalue weighted by Crippen LogP contribution is 2.20. The molecule has 30 heavy (non-hydrogen) atoms. The summed E-state index contributed by atoms with van der Waals surface area (Å²) < 4.78 is 0. The number of nitrogens with zero attached hydrogens (tertiary/aromatic N) is 3. The number of aromatic nitrogens is 2. The summed E-state index contributed by atoms with van der Waals surface area (Å²) in [6, 6.07) is 6.22. The molecule has 156 valence electrons. The van der Waals surface area contributed by atoms with Gasteiger partial charge in [0.2, 0.25) is 11.8 Å². The quantitative estimate of drug-likeness (QED) is 0.493. The molecule has 3 amide bonds. The number of rotatable bonds is 7. The predicted octanol–water partition coefficient (Wildman–Crippen LogP) is 0.680. The molecule has 0 bridgehead atoms. The molecule has 0 radical (unpaired) electrons. The normalized spacial score (nSPS) is 15.5. The van der Waals surface area contributed by atoms with Crippen LogP contribution in [-0.4, -0.2) is 57.4 Å². The molecule has 0 spiro atoms.